The Bertz CT molecular complexity index is 400. The van der Waals surface area contributed by atoms with Crippen LogP contribution in [0, 0.1) is 5.41 Å². The fourth-order valence-electron chi connectivity index (χ4n) is 2.06. The van der Waals surface area contributed by atoms with Crippen molar-refractivity contribution in [2.75, 3.05) is 6.54 Å². The number of ether oxygens (including phenoxy) is 1. The van der Waals surface area contributed by atoms with E-state index in [-0.39, 0.29) is 6.10 Å². The van der Waals surface area contributed by atoms with Gasteiger partial charge in [0.05, 0.1) is 0 Å². The number of carbonyl (C=O) groups excluding carboxylic acids is 1. The maximum Gasteiger partial charge on any atom is 0.331 e. The van der Waals surface area contributed by atoms with Gasteiger partial charge in [-0.3, -0.25) is 0 Å². The molecule has 1 fully saturated rings. The van der Waals surface area contributed by atoms with E-state index < -0.39 is 22.9 Å². The van der Waals surface area contributed by atoms with Crippen molar-refractivity contribution in [3.63, 3.8) is 0 Å². The highest BCUT2D eigenvalue weighted by molar-refractivity contribution is 5.90. The van der Waals surface area contributed by atoms with Gasteiger partial charge in [-0.05, 0) is 13.8 Å². The fourth-order valence-corrected chi connectivity index (χ4v) is 2.06. The van der Waals surface area contributed by atoms with Crippen LogP contribution >= 0.6 is 0 Å². The first-order valence-electron chi connectivity index (χ1n) is 6.13. The third kappa shape index (κ3) is 4.04. The molecule has 1 unspecified atom stereocenters. The van der Waals surface area contributed by atoms with Crippen molar-refractivity contribution < 1.29 is 24.6 Å². The molecule has 19 heavy (non-hydrogen) atoms. The molecule has 1 heterocycles. The number of carboxylic acid groups (broad SMARTS) is 1. The zero-order valence-electron chi connectivity index (χ0n) is 11.7. The van der Waals surface area contributed by atoms with E-state index in [9.17, 15) is 14.8 Å². The first-order valence-corrected chi connectivity index (χ1v) is 6.13. The molecule has 0 aromatic rings. The number of esters is 1. The number of hydroxylamine groups is 2. The van der Waals surface area contributed by atoms with Gasteiger partial charge in [-0.1, -0.05) is 13.8 Å². The zero-order valence-corrected chi connectivity index (χ0v) is 11.7. The largest absolute Gasteiger partial charge is 0.478 e. The van der Waals surface area contributed by atoms with Gasteiger partial charge in [0.2, 0.25) is 0 Å². The molecule has 0 bridgehead atoms. The van der Waals surface area contributed by atoms with Crippen molar-refractivity contribution in [3.05, 3.63) is 12.2 Å². The molecule has 0 saturated carbocycles. The number of carbonyl (C=O) groups is 2. The number of hydrogen-bond donors (Lipinski definition) is 2. The van der Waals surface area contributed by atoms with E-state index in [1.807, 2.05) is 27.7 Å². The average molecular weight is 271 g/mol. The third-order valence-corrected chi connectivity index (χ3v) is 3.43. The first kappa shape index (κ1) is 15.7. The van der Waals surface area contributed by atoms with Gasteiger partial charge >= 0.3 is 11.9 Å². The summed E-state index contributed by atoms with van der Waals surface area (Å²) in [5.41, 5.74) is -0.895. The average Bonchev–Trinajstić information content (AvgIpc) is 2.22. The number of carboxylic acids is 1. The standard InChI is InChI=1S/C13H21NO5/c1-12(2)8-14(18)13(3,4)7-9(12)19-11(17)6-5-10(15)16/h5-6,9,18H,7-8H2,1-4H3,(H,15,16)/b6-5+. The molecule has 6 heteroatoms. The van der Waals surface area contributed by atoms with Gasteiger partial charge in [-0.2, -0.15) is 5.06 Å². The Balaban J connectivity index is 2.75. The van der Waals surface area contributed by atoms with E-state index in [1.54, 1.807) is 0 Å². The van der Waals surface area contributed by atoms with Crippen LogP contribution in [0.2, 0.25) is 0 Å². The minimum absolute atomic E-state index is 0.376. The number of hydrogen-bond acceptors (Lipinski definition) is 5. The molecule has 1 atom stereocenters. The summed E-state index contributed by atoms with van der Waals surface area (Å²) in [4.78, 5) is 21.9. The summed E-state index contributed by atoms with van der Waals surface area (Å²) in [7, 11) is 0. The van der Waals surface area contributed by atoms with Crippen molar-refractivity contribution >= 4 is 11.9 Å². The lowest BCUT2D eigenvalue weighted by molar-refractivity contribution is -0.233. The molecule has 0 amide bonds. The Morgan fingerprint density at radius 2 is 1.84 bits per heavy atom. The summed E-state index contributed by atoms with van der Waals surface area (Å²) >= 11 is 0. The first-order chi connectivity index (χ1) is 8.54. The van der Waals surface area contributed by atoms with Crippen LogP contribution < -0.4 is 0 Å². The van der Waals surface area contributed by atoms with E-state index in [0.29, 0.717) is 13.0 Å². The molecule has 1 rings (SSSR count). The van der Waals surface area contributed by atoms with Crippen molar-refractivity contribution in [3.8, 4) is 0 Å². The molecule has 0 radical (unpaired) electrons. The van der Waals surface area contributed by atoms with Crippen molar-refractivity contribution in [1.82, 2.24) is 5.06 Å². The fraction of sp³-hybridized carbons (Fsp3) is 0.692. The van der Waals surface area contributed by atoms with Gasteiger partial charge in [0.15, 0.2) is 0 Å². The lowest BCUT2D eigenvalue weighted by Crippen LogP contribution is -2.58. The van der Waals surface area contributed by atoms with Crippen LogP contribution in [0.3, 0.4) is 0 Å². The highest BCUT2D eigenvalue weighted by Crippen LogP contribution is 2.38. The molecule has 0 aromatic heterocycles. The normalized spacial score (nSPS) is 26.3. The Morgan fingerprint density at radius 3 is 2.37 bits per heavy atom. The molecule has 0 spiro atoms. The Kier molecular flexibility index (Phi) is 4.37. The molecule has 2 N–H and O–H groups in total. The lowest BCUT2D eigenvalue weighted by atomic mass is 9.75. The van der Waals surface area contributed by atoms with Gasteiger partial charge in [-0.15, -0.1) is 0 Å². The molecule has 1 saturated heterocycles. The summed E-state index contributed by atoms with van der Waals surface area (Å²) in [5.74, 6) is -1.87. The predicted molar refractivity (Wildman–Crippen MR) is 67.6 cm³/mol. The predicted octanol–water partition coefficient (Wildman–Crippen LogP) is 1.44. The van der Waals surface area contributed by atoms with E-state index in [1.165, 1.54) is 5.06 Å². The van der Waals surface area contributed by atoms with Crippen molar-refractivity contribution in [2.45, 2.75) is 45.8 Å². The summed E-state index contributed by atoms with van der Waals surface area (Å²) in [6.45, 7) is 7.88. The maximum absolute atomic E-state index is 11.5. The summed E-state index contributed by atoms with van der Waals surface area (Å²) < 4.78 is 5.31. The topological polar surface area (TPSA) is 87.1 Å². The molecule has 0 aromatic carbocycles. The summed E-state index contributed by atoms with van der Waals surface area (Å²) in [6.07, 6.45) is 1.75. The minimum Gasteiger partial charge on any atom is -0.478 e. The van der Waals surface area contributed by atoms with Crippen LogP contribution in [0.4, 0.5) is 0 Å². The third-order valence-electron chi connectivity index (χ3n) is 3.43. The zero-order chi connectivity index (χ0) is 14.8. The second-order valence-corrected chi connectivity index (χ2v) is 6.16. The highest BCUT2D eigenvalue weighted by atomic mass is 16.5. The second kappa shape index (κ2) is 5.30. The van der Waals surface area contributed by atoms with Crippen LogP contribution in [0.25, 0.3) is 0 Å². The van der Waals surface area contributed by atoms with Crippen LogP contribution in [-0.2, 0) is 14.3 Å². The van der Waals surface area contributed by atoms with Crippen LogP contribution in [0.15, 0.2) is 12.2 Å². The van der Waals surface area contributed by atoms with Crippen LogP contribution in [-0.4, -0.2) is 45.5 Å². The molecule has 6 nitrogen and oxygen atoms in total. The molecule has 0 aliphatic carbocycles. The Morgan fingerprint density at radius 1 is 1.26 bits per heavy atom. The lowest BCUT2D eigenvalue weighted by Gasteiger charge is -2.49. The molecular formula is C13H21NO5. The monoisotopic (exact) mass is 271 g/mol. The van der Waals surface area contributed by atoms with Gasteiger partial charge in [0.25, 0.3) is 0 Å². The van der Waals surface area contributed by atoms with Crippen LogP contribution in [0.5, 0.6) is 0 Å². The quantitative estimate of drug-likeness (QED) is 0.596. The van der Waals surface area contributed by atoms with Gasteiger partial charge in [-0.25, -0.2) is 9.59 Å². The number of rotatable bonds is 3. The Labute approximate surface area is 112 Å². The Hall–Kier alpha value is -1.40. The number of nitrogens with zero attached hydrogens (tertiary/aromatic N) is 1. The molecular weight excluding hydrogens is 250 g/mol. The summed E-state index contributed by atoms with van der Waals surface area (Å²) in [5, 5.41) is 19.6. The van der Waals surface area contributed by atoms with E-state index in [4.69, 9.17) is 9.84 Å². The number of aliphatic carboxylic acids is 1. The van der Waals surface area contributed by atoms with Crippen molar-refractivity contribution in [2.24, 2.45) is 5.41 Å². The smallest absolute Gasteiger partial charge is 0.331 e. The minimum atomic E-state index is -1.19. The van der Waals surface area contributed by atoms with Crippen molar-refractivity contribution in [1.29, 1.82) is 0 Å². The molecule has 1 aliphatic rings. The van der Waals surface area contributed by atoms with Gasteiger partial charge in [0, 0.05) is 36.1 Å². The van der Waals surface area contributed by atoms with Gasteiger partial charge in [0.1, 0.15) is 6.10 Å². The van der Waals surface area contributed by atoms with E-state index in [2.05, 4.69) is 0 Å². The van der Waals surface area contributed by atoms with Gasteiger partial charge < -0.3 is 15.1 Å². The highest BCUT2D eigenvalue weighted by Gasteiger charge is 2.46. The molecule has 108 valence electrons. The summed E-state index contributed by atoms with van der Waals surface area (Å²) in [6, 6.07) is 0. The second-order valence-electron chi connectivity index (χ2n) is 6.16. The van der Waals surface area contributed by atoms with E-state index in [0.717, 1.165) is 12.2 Å². The SMILES string of the molecule is CC1(C)CN(O)C(C)(C)CC1OC(=O)/C=C/C(=O)O. The molecule has 1 aliphatic heterocycles. The maximum atomic E-state index is 11.5. The van der Waals surface area contributed by atoms with E-state index >= 15 is 0 Å². The number of piperidine rings is 1. The van der Waals surface area contributed by atoms with Crippen LogP contribution in [0.1, 0.15) is 34.1 Å².